The normalized spacial score (nSPS) is 9.62. The zero-order chi connectivity index (χ0) is 11.1. The molecule has 0 aliphatic carbocycles. The molecule has 0 unspecified atom stereocenters. The van der Waals surface area contributed by atoms with Gasteiger partial charge in [-0.15, -0.1) is 0 Å². The van der Waals surface area contributed by atoms with Crippen LogP contribution >= 0.6 is 0 Å². The second kappa shape index (κ2) is 6.23. The fourth-order valence-electron chi connectivity index (χ4n) is 0.176. The zero-order valence-corrected chi connectivity index (χ0v) is 6.90. The number of carboxylic acid groups (broad SMARTS) is 1. The predicted octanol–water partition coefficient (Wildman–Crippen LogP) is -0.110. The topological polar surface area (TPSA) is 78.4 Å². The van der Waals surface area contributed by atoms with Crippen LogP contribution in [-0.4, -0.2) is 30.2 Å². The number of hydrogen-bond acceptors (Lipinski definition) is 3. The molecule has 0 heterocycles. The van der Waals surface area contributed by atoms with Crippen LogP contribution in [0.15, 0.2) is 0 Å². The van der Waals surface area contributed by atoms with E-state index in [0.29, 0.717) is 0 Å². The first kappa shape index (κ1) is 14.2. The van der Waals surface area contributed by atoms with Crippen LogP contribution in [0.5, 0.6) is 0 Å². The van der Waals surface area contributed by atoms with Crippen LogP contribution in [0.3, 0.4) is 0 Å². The lowest BCUT2D eigenvalue weighted by molar-refractivity contribution is -0.192. The van der Waals surface area contributed by atoms with Crippen molar-refractivity contribution in [3.63, 3.8) is 0 Å². The Balaban J connectivity index is 0. The van der Waals surface area contributed by atoms with E-state index in [0.717, 1.165) is 0 Å². The molecule has 3 N–H and O–H groups in total. The number of carboxylic acids is 1. The van der Waals surface area contributed by atoms with Gasteiger partial charge in [0.1, 0.15) is 0 Å². The fraction of sp³-hybridized carbons (Fsp3) is 0.600. The van der Waals surface area contributed by atoms with E-state index in [4.69, 9.17) is 9.90 Å². The maximum atomic E-state index is 10.6. The maximum absolute atomic E-state index is 10.6. The average molecular weight is 202 g/mol. The van der Waals surface area contributed by atoms with Gasteiger partial charge >= 0.3 is 12.1 Å². The Kier molecular flexibility index (Phi) is 6.82. The number of rotatable bonds is 1. The van der Waals surface area contributed by atoms with Gasteiger partial charge < -0.3 is 5.11 Å². The summed E-state index contributed by atoms with van der Waals surface area (Å²) in [5, 5.41) is 7.12. The Morgan fingerprint density at radius 2 is 1.62 bits per heavy atom. The number of hydrazine groups is 1. The quantitative estimate of drug-likeness (QED) is 0.518. The van der Waals surface area contributed by atoms with E-state index in [-0.39, 0.29) is 5.91 Å². The van der Waals surface area contributed by atoms with Crippen LogP contribution in [0.4, 0.5) is 13.2 Å². The molecule has 1 amide bonds. The lowest BCUT2D eigenvalue weighted by Crippen LogP contribution is -2.31. The highest BCUT2D eigenvalue weighted by molar-refractivity contribution is 5.73. The summed E-state index contributed by atoms with van der Waals surface area (Å²) in [7, 11) is 1.64. The Labute approximate surface area is 71.9 Å². The Bertz CT molecular complexity index is 180. The van der Waals surface area contributed by atoms with Crippen LogP contribution in [0.2, 0.25) is 0 Å². The Hall–Kier alpha value is -1.31. The summed E-state index contributed by atoms with van der Waals surface area (Å²) in [5.74, 6) is -2.83. The molecule has 0 aliphatic rings. The maximum Gasteiger partial charge on any atom is 0.490 e. The second-order valence-electron chi connectivity index (χ2n) is 1.73. The minimum atomic E-state index is -5.08. The van der Waals surface area contributed by atoms with E-state index in [1.807, 2.05) is 0 Å². The van der Waals surface area contributed by atoms with E-state index in [1.165, 1.54) is 6.92 Å². The van der Waals surface area contributed by atoms with E-state index in [9.17, 15) is 18.0 Å². The molecule has 5 nitrogen and oxygen atoms in total. The average Bonchev–Trinajstić information content (AvgIpc) is 1.85. The molecule has 0 aromatic heterocycles. The summed E-state index contributed by atoms with van der Waals surface area (Å²) >= 11 is 0. The summed E-state index contributed by atoms with van der Waals surface area (Å²) in [6.45, 7) is 1.44. The van der Waals surface area contributed by atoms with Crippen LogP contribution in [0.1, 0.15) is 6.92 Å². The Morgan fingerprint density at radius 1 is 1.31 bits per heavy atom. The van der Waals surface area contributed by atoms with Gasteiger partial charge in [-0.05, 0) is 0 Å². The number of carbonyl (C=O) groups excluding carboxylic acids is 1. The summed E-state index contributed by atoms with van der Waals surface area (Å²) in [4.78, 5) is 18.8. The number of aliphatic carboxylic acids is 1. The van der Waals surface area contributed by atoms with Crippen LogP contribution in [0, 0.1) is 0 Å². The molecular formula is C5H9F3N2O3. The van der Waals surface area contributed by atoms with Gasteiger partial charge in [0.25, 0.3) is 0 Å². The molecule has 13 heavy (non-hydrogen) atoms. The van der Waals surface area contributed by atoms with Crippen molar-refractivity contribution < 1.29 is 27.9 Å². The molecular weight excluding hydrogens is 193 g/mol. The third kappa shape index (κ3) is 13.7. The molecule has 0 aliphatic heterocycles. The highest BCUT2D eigenvalue weighted by Crippen LogP contribution is 2.13. The largest absolute Gasteiger partial charge is 0.490 e. The Morgan fingerprint density at radius 3 is 1.62 bits per heavy atom. The minimum absolute atomic E-state index is 0.0718. The molecule has 78 valence electrons. The van der Waals surface area contributed by atoms with Crippen molar-refractivity contribution in [2.45, 2.75) is 13.1 Å². The minimum Gasteiger partial charge on any atom is -0.475 e. The van der Waals surface area contributed by atoms with Gasteiger partial charge in [-0.25, -0.2) is 10.2 Å². The third-order valence-corrected chi connectivity index (χ3v) is 0.544. The SMILES string of the molecule is CNNC(C)=O.O=C(O)C(F)(F)F. The van der Waals surface area contributed by atoms with Crippen LogP contribution in [0.25, 0.3) is 0 Å². The molecule has 0 bridgehead atoms. The highest BCUT2D eigenvalue weighted by Gasteiger charge is 2.38. The van der Waals surface area contributed by atoms with Gasteiger partial charge in [-0.3, -0.25) is 10.2 Å². The van der Waals surface area contributed by atoms with E-state index in [1.54, 1.807) is 7.05 Å². The number of halogens is 3. The number of amides is 1. The van der Waals surface area contributed by atoms with Crippen molar-refractivity contribution in [3.05, 3.63) is 0 Å². The molecule has 0 rings (SSSR count). The van der Waals surface area contributed by atoms with E-state index >= 15 is 0 Å². The fourth-order valence-corrected chi connectivity index (χ4v) is 0.176. The van der Waals surface area contributed by atoms with E-state index in [2.05, 4.69) is 10.9 Å². The first-order valence-corrected chi connectivity index (χ1v) is 2.95. The molecule has 0 atom stereocenters. The summed E-state index contributed by atoms with van der Waals surface area (Å²) in [5.41, 5.74) is 4.79. The van der Waals surface area contributed by atoms with Gasteiger partial charge in [0.2, 0.25) is 5.91 Å². The zero-order valence-electron chi connectivity index (χ0n) is 6.90. The number of hydrogen-bond donors (Lipinski definition) is 3. The number of nitrogens with one attached hydrogen (secondary N) is 2. The smallest absolute Gasteiger partial charge is 0.475 e. The molecule has 0 radical (unpaired) electrons. The molecule has 0 spiro atoms. The van der Waals surface area contributed by atoms with Crippen molar-refractivity contribution >= 4 is 11.9 Å². The van der Waals surface area contributed by atoms with Gasteiger partial charge in [0.05, 0.1) is 0 Å². The number of carbonyl (C=O) groups is 2. The molecule has 0 saturated heterocycles. The first-order chi connectivity index (χ1) is 5.71. The monoisotopic (exact) mass is 202 g/mol. The summed E-state index contributed by atoms with van der Waals surface area (Å²) in [6.07, 6.45) is -5.08. The molecule has 0 saturated carbocycles. The lowest BCUT2D eigenvalue weighted by Gasteiger charge is -1.93. The summed E-state index contributed by atoms with van der Waals surface area (Å²) in [6, 6.07) is 0. The standard InChI is InChI=1S/C3H8N2O.C2HF3O2/c1-3(6)5-4-2;3-2(4,5)1(6)7/h4H,1-2H3,(H,5,6);(H,6,7). The third-order valence-electron chi connectivity index (χ3n) is 0.544. The van der Waals surface area contributed by atoms with Crippen LogP contribution in [-0.2, 0) is 9.59 Å². The molecule has 8 heteroatoms. The van der Waals surface area contributed by atoms with Crippen molar-refractivity contribution in [2.75, 3.05) is 7.05 Å². The van der Waals surface area contributed by atoms with Gasteiger partial charge in [0, 0.05) is 14.0 Å². The second-order valence-corrected chi connectivity index (χ2v) is 1.73. The summed E-state index contributed by atoms with van der Waals surface area (Å²) < 4.78 is 31.7. The predicted molar refractivity (Wildman–Crippen MR) is 36.6 cm³/mol. The lowest BCUT2D eigenvalue weighted by atomic mass is 10.7. The van der Waals surface area contributed by atoms with Gasteiger partial charge in [-0.2, -0.15) is 13.2 Å². The molecule has 0 aromatic rings. The van der Waals surface area contributed by atoms with Crippen molar-refractivity contribution in [3.8, 4) is 0 Å². The van der Waals surface area contributed by atoms with Crippen molar-refractivity contribution in [1.82, 2.24) is 10.9 Å². The highest BCUT2D eigenvalue weighted by atomic mass is 19.4. The molecule has 0 aromatic carbocycles. The molecule has 0 fully saturated rings. The van der Waals surface area contributed by atoms with Crippen molar-refractivity contribution in [2.24, 2.45) is 0 Å². The number of alkyl halides is 3. The van der Waals surface area contributed by atoms with Gasteiger partial charge in [-0.1, -0.05) is 0 Å². The van der Waals surface area contributed by atoms with Crippen LogP contribution < -0.4 is 10.9 Å². The van der Waals surface area contributed by atoms with E-state index < -0.39 is 12.1 Å². The first-order valence-electron chi connectivity index (χ1n) is 2.95. The van der Waals surface area contributed by atoms with Gasteiger partial charge in [0.15, 0.2) is 0 Å². The van der Waals surface area contributed by atoms with Crippen molar-refractivity contribution in [1.29, 1.82) is 0 Å².